The number of cyclic esters (lactones) is 2. The Bertz CT molecular complexity index is 546. The van der Waals surface area contributed by atoms with Gasteiger partial charge in [-0.3, -0.25) is 0 Å². The fourth-order valence-electron chi connectivity index (χ4n) is 1.45. The van der Waals surface area contributed by atoms with Gasteiger partial charge in [0.2, 0.25) is 0 Å². The van der Waals surface area contributed by atoms with Crippen molar-refractivity contribution in [3.63, 3.8) is 0 Å². The molecule has 0 amide bonds. The van der Waals surface area contributed by atoms with Crippen LogP contribution in [0.25, 0.3) is 0 Å². The maximum Gasteiger partial charge on any atom is 0.346 e. The molecule has 0 bridgehead atoms. The molecule has 3 nitrogen and oxygen atoms in total. The molecule has 0 N–H and O–H groups in total. The average Bonchev–Trinajstić information content (AvgIpc) is 2.68. The Kier molecular flexibility index (Phi) is 3.75. The molecule has 0 unspecified atom stereocenters. The lowest BCUT2D eigenvalue weighted by Gasteiger charge is -1.86. The largest absolute Gasteiger partial charge is 0.386 e. The van der Waals surface area contributed by atoms with Crippen molar-refractivity contribution >= 4 is 23.5 Å². The van der Waals surface area contributed by atoms with Crippen molar-refractivity contribution in [3.8, 4) is 0 Å². The van der Waals surface area contributed by atoms with Gasteiger partial charge >= 0.3 is 11.9 Å². The first-order valence-corrected chi connectivity index (χ1v) is 5.62. The summed E-state index contributed by atoms with van der Waals surface area (Å²) >= 11 is 5.54. The molecule has 0 saturated heterocycles. The molecule has 2 aromatic carbocycles. The summed E-state index contributed by atoms with van der Waals surface area (Å²) in [6.07, 6.45) is 0. The normalized spacial score (nSPS) is 12.3. The van der Waals surface area contributed by atoms with Gasteiger partial charge in [0.15, 0.2) is 0 Å². The van der Waals surface area contributed by atoms with E-state index >= 15 is 0 Å². The molecule has 0 atom stereocenters. The van der Waals surface area contributed by atoms with Crippen LogP contribution in [0.4, 0.5) is 0 Å². The Hall–Kier alpha value is -2.13. The third-order valence-corrected chi connectivity index (χ3v) is 2.54. The topological polar surface area (TPSA) is 43.4 Å². The van der Waals surface area contributed by atoms with Gasteiger partial charge in [-0.1, -0.05) is 41.9 Å². The van der Waals surface area contributed by atoms with E-state index < -0.39 is 11.9 Å². The highest BCUT2D eigenvalue weighted by Gasteiger charge is 2.28. The summed E-state index contributed by atoms with van der Waals surface area (Å²) in [6.45, 7) is 0. The summed E-state index contributed by atoms with van der Waals surface area (Å²) in [6, 6.07) is 16.0. The third kappa shape index (κ3) is 2.76. The van der Waals surface area contributed by atoms with E-state index in [9.17, 15) is 9.59 Å². The summed E-state index contributed by atoms with van der Waals surface area (Å²) in [7, 11) is 0. The highest BCUT2D eigenvalue weighted by molar-refractivity contribution is 6.30. The lowest BCUT2D eigenvalue weighted by molar-refractivity contribution is 0.0444. The van der Waals surface area contributed by atoms with Crippen LogP contribution in [0.2, 0.25) is 5.02 Å². The van der Waals surface area contributed by atoms with E-state index in [0.717, 1.165) is 5.02 Å². The Morgan fingerprint density at radius 3 is 1.56 bits per heavy atom. The predicted octanol–water partition coefficient (Wildman–Crippen LogP) is 3.34. The number of rotatable bonds is 0. The van der Waals surface area contributed by atoms with Crippen LogP contribution in [-0.2, 0) is 4.74 Å². The highest BCUT2D eigenvalue weighted by Crippen LogP contribution is 2.18. The molecular weight excluding hydrogens is 252 g/mol. The second kappa shape index (κ2) is 5.47. The average molecular weight is 261 g/mol. The van der Waals surface area contributed by atoms with Crippen LogP contribution in [0.5, 0.6) is 0 Å². The van der Waals surface area contributed by atoms with Crippen molar-refractivity contribution in [2.24, 2.45) is 0 Å². The number of hydrogen-bond acceptors (Lipinski definition) is 3. The van der Waals surface area contributed by atoms with E-state index in [1.54, 1.807) is 24.3 Å². The van der Waals surface area contributed by atoms with Crippen molar-refractivity contribution < 1.29 is 14.3 Å². The zero-order valence-corrected chi connectivity index (χ0v) is 10.1. The van der Waals surface area contributed by atoms with Crippen molar-refractivity contribution in [2.75, 3.05) is 0 Å². The van der Waals surface area contributed by atoms with Gasteiger partial charge in [-0.2, -0.15) is 0 Å². The smallest absolute Gasteiger partial charge is 0.346 e. The SMILES string of the molecule is Clc1ccccc1.O=C1OC(=O)c2ccccc21. The quantitative estimate of drug-likeness (QED) is 0.539. The van der Waals surface area contributed by atoms with Crippen LogP contribution in [0, 0.1) is 0 Å². The first kappa shape index (κ1) is 12.3. The maximum absolute atomic E-state index is 10.8. The van der Waals surface area contributed by atoms with Crippen molar-refractivity contribution in [3.05, 3.63) is 70.7 Å². The van der Waals surface area contributed by atoms with E-state index in [2.05, 4.69) is 4.74 Å². The summed E-state index contributed by atoms with van der Waals surface area (Å²) in [5.41, 5.74) is 0.718. The van der Waals surface area contributed by atoms with Crippen LogP contribution in [0.1, 0.15) is 20.7 Å². The zero-order chi connectivity index (χ0) is 13.0. The molecule has 0 spiro atoms. The van der Waals surface area contributed by atoms with Gasteiger partial charge in [0, 0.05) is 5.02 Å². The first-order valence-electron chi connectivity index (χ1n) is 5.24. The number of halogens is 1. The van der Waals surface area contributed by atoms with E-state index in [1.807, 2.05) is 30.3 Å². The lowest BCUT2D eigenvalue weighted by atomic mass is 10.1. The summed E-state index contributed by atoms with van der Waals surface area (Å²) in [5.74, 6) is -1.10. The molecule has 4 heteroatoms. The molecule has 1 heterocycles. The molecule has 1 aliphatic rings. The predicted molar refractivity (Wildman–Crippen MR) is 67.6 cm³/mol. The summed E-state index contributed by atoms with van der Waals surface area (Å²) in [5, 5.41) is 0.794. The molecule has 3 rings (SSSR count). The Balaban J connectivity index is 0.000000149. The molecule has 0 radical (unpaired) electrons. The fraction of sp³-hybridized carbons (Fsp3) is 0. The van der Waals surface area contributed by atoms with Gasteiger partial charge in [-0.15, -0.1) is 0 Å². The number of benzene rings is 2. The fourth-order valence-corrected chi connectivity index (χ4v) is 1.59. The van der Waals surface area contributed by atoms with Crippen LogP contribution >= 0.6 is 11.6 Å². The minimum absolute atomic E-state index is 0.359. The molecule has 0 saturated carbocycles. The number of hydrogen-bond donors (Lipinski definition) is 0. The number of fused-ring (bicyclic) bond motifs is 1. The number of carbonyl (C=O) groups is 2. The Labute approximate surface area is 109 Å². The summed E-state index contributed by atoms with van der Waals surface area (Å²) in [4.78, 5) is 21.7. The van der Waals surface area contributed by atoms with Gasteiger partial charge in [0.25, 0.3) is 0 Å². The molecule has 0 aromatic heterocycles. The van der Waals surface area contributed by atoms with Crippen LogP contribution < -0.4 is 0 Å². The van der Waals surface area contributed by atoms with Gasteiger partial charge in [0.05, 0.1) is 11.1 Å². The number of esters is 2. The standard InChI is InChI=1S/C8H4O3.C6H5Cl/c9-7-5-3-1-2-4-6(5)8(10)11-7;7-6-4-2-1-3-5-6/h1-4H;1-5H. The molecule has 0 aliphatic carbocycles. The minimum Gasteiger partial charge on any atom is -0.386 e. The van der Waals surface area contributed by atoms with Gasteiger partial charge in [0.1, 0.15) is 0 Å². The second-order valence-electron chi connectivity index (χ2n) is 3.52. The number of carbonyl (C=O) groups excluding carboxylic acids is 2. The molecular formula is C14H9ClO3. The van der Waals surface area contributed by atoms with Crippen LogP contribution in [-0.4, -0.2) is 11.9 Å². The van der Waals surface area contributed by atoms with E-state index in [0.29, 0.717) is 11.1 Å². The Morgan fingerprint density at radius 2 is 1.17 bits per heavy atom. The van der Waals surface area contributed by atoms with Gasteiger partial charge in [-0.05, 0) is 24.3 Å². The first-order chi connectivity index (χ1) is 8.68. The van der Waals surface area contributed by atoms with E-state index in [4.69, 9.17) is 11.6 Å². The zero-order valence-electron chi connectivity index (χ0n) is 9.30. The van der Waals surface area contributed by atoms with Crippen LogP contribution in [0.15, 0.2) is 54.6 Å². The van der Waals surface area contributed by atoms with E-state index in [1.165, 1.54) is 0 Å². The highest BCUT2D eigenvalue weighted by atomic mass is 35.5. The van der Waals surface area contributed by atoms with Gasteiger partial charge in [-0.25, -0.2) is 9.59 Å². The molecule has 90 valence electrons. The van der Waals surface area contributed by atoms with Crippen molar-refractivity contribution in [1.29, 1.82) is 0 Å². The minimum atomic E-state index is -0.550. The monoisotopic (exact) mass is 260 g/mol. The number of ether oxygens (including phenoxy) is 1. The van der Waals surface area contributed by atoms with Crippen LogP contribution in [0.3, 0.4) is 0 Å². The van der Waals surface area contributed by atoms with Crippen molar-refractivity contribution in [1.82, 2.24) is 0 Å². The maximum atomic E-state index is 10.8. The molecule has 2 aromatic rings. The van der Waals surface area contributed by atoms with Crippen molar-refractivity contribution in [2.45, 2.75) is 0 Å². The summed E-state index contributed by atoms with van der Waals surface area (Å²) < 4.78 is 4.35. The molecule has 0 fully saturated rings. The lowest BCUT2D eigenvalue weighted by Crippen LogP contribution is -1.96. The second-order valence-corrected chi connectivity index (χ2v) is 3.95. The third-order valence-electron chi connectivity index (χ3n) is 2.29. The van der Waals surface area contributed by atoms with E-state index in [-0.39, 0.29) is 0 Å². The van der Waals surface area contributed by atoms with Gasteiger partial charge < -0.3 is 4.74 Å². The molecule has 1 aliphatic heterocycles. The Morgan fingerprint density at radius 1 is 0.722 bits per heavy atom. The molecule has 18 heavy (non-hydrogen) atoms.